The van der Waals surface area contributed by atoms with Gasteiger partial charge in [-0.3, -0.25) is 0 Å². The minimum Gasteiger partial charge on any atom is -0.464 e. The highest BCUT2D eigenvalue weighted by Crippen LogP contribution is 2.40. The van der Waals surface area contributed by atoms with Crippen molar-refractivity contribution in [3.05, 3.63) is 89.0 Å². The Morgan fingerprint density at radius 1 is 0.919 bits per heavy atom. The summed E-state index contributed by atoms with van der Waals surface area (Å²) >= 11 is 1.72. The molecule has 0 aliphatic rings. The van der Waals surface area contributed by atoms with Gasteiger partial charge in [0.05, 0.1) is 12.0 Å². The Kier molecular flexibility index (Phi) is 5.72. The van der Waals surface area contributed by atoms with Gasteiger partial charge in [-0.1, -0.05) is 71.0 Å². The highest BCUT2D eigenvalue weighted by atomic mass is 32.1. The molecule has 0 unspecified atom stereocenters. The van der Waals surface area contributed by atoms with Gasteiger partial charge in [0.25, 0.3) is 0 Å². The molecule has 0 atom stereocenters. The number of fused-ring (bicyclic) bond motifs is 3. The van der Waals surface area contributed by atoms with E-state index in [1.54, 1.807) is 11.3 Å². The fourth-order valence-corrected chi connectivity index (χ4v) is 6.44. The van der Waals surface area contributed by atoms with E-state index in [-0.39, 0.29) is 5.41 Å². The van der Waals surface area contributed by atoms with Crippen LogP contribution in [-0.2, 0) is 11.8 Å². The van der Waals surface area contributed by atoms with Crippen LogP contribution in [0.4, 0.5) is 0 Å². The molecule has 0 spiro atoms. The van der Waals surface area contributed by atoms with Gasteiger partial charge in [-0.05, 0) is 92.9 Å². The van der Waals surface area contributed by atoms with Crippen LogP contribution in [0.15, 0.2) is 76.7 Å². The van der Waals surface area contributed by atoms with Crippen molar-refractivity contribution in [2.24, 2.45) is 5.92 Å². The molecule has 6 rings (SSSR count). The second kappa shape index (κ2) is 8.85. The van der Waals surface area contributed by atoms with Crippen molar-refractivity contribution >= 4 is 43.3 Å². The van der Waals surface area contributed by atoms with E-state index in [0.29, 0.717) is 5.92 Å². The van der Waals surface area contributed by atoms with Crippen molar-refractivity contribution < 1.29 is 4.42 Å². The fraction of sp³-hybridized carbons (Fsp3) is 0.265. The summed E-state index contributed by atoms with van der Waals surface area (Å²) in [6.07, 6.45) is 2.96. The first-order valence-electron chi connectivity index (χ1n) is 13.1. The number of hydrogen-bond donors (Lipinski definition) is 0. The highest BCUT2D eigenvalue weighted by molar-refractivity contribution is 7.17. The lowest BCUT2D eigenvalue weighted by molar-refractivity contribution is 0.594. The molecule has 3 heteroatoms. The van der Waals surface area contributed by atoms with Crippen LogP contribution < -0.4 is 0 Å². The van der Waals surface area contributed by atoms with Crippen LogP contribution in [-0.4, -0.2) is 4.98 Å². The van der Waals surface area contributed by atoms with Crippen LogP contribution in [0.1, 0.15) is 51.3 Å². The molecule has 3 aromatic carbocycles. The van der Waals surface area contributed by atoms with Gasteiger partial charge in [-0.2, -0.15) is 0 Å². The number of aryl methyl sites for hydroxylation is 1. The second-order valence-corrected chi connectivity index (χ2v) is 12.6. The minimum atomic E-state index is 0.0279. The molecular formula is C34H33NOS. The zero-order valence-corrected chi connectivity index (χ0v) is 23.3. The first-order valence-corrected chi connectivity index (χ1v) is 14.0. The zero-order valence-electron chi connectivity index (χ0n) is 22.5. The molecule has 0 fully saturated rings. The maximum atomic E-state index is 6.04. The Balaban J connectivity index is 1.57. The molecule has 0 saturated carbocycles. The summed E-state index contributed by atoms with van der Waals surface area (Å²) in [6.45, 7) is 13.5. The van der Waals surface area contributed by atoms with Crippen LogP contribution in [0.5, 0.6) is 0 Å². The number of thiophene rings is 1. The third-order valence-electron chi connectivity index (χ3n) is 7.29. The molecule has 6 aromatic rings. The standard InChI is InChI=1S/C34H33NOS/c1-20(2)13-25-18-36-31-16-23(11-12-27(25)31)28-17-30(35-33-32(28)21(3)19-37-33)24-14-22-9-7-8-10-26(22)29(15-24)34(4,5)6/h7-12,14-20H,13H2,1-6H3. The van der Waals surface area contributed by atoms with Gasteiger partial charge in [-0.25, -0.2) is 4.98 Å². The van der Waals surface area contributed by atoms with Gasteiger partial charge in [0, 0.05) is 16.3 Å². The highest BCUT2D eigenvalue weighted by Gasteiger charge is 2.20. The molecule has 0 radical (unpaired) electrons. The van der Waals surface area contributed by atoms with Crippen molar-refractivity contribution in [1.29, 1.82) is 0 Å². The number of aromatic nitrogens is 1. The number of hydrogen-bond acceptors (Lipinski definition) is 3. The largest absolute Gasteiger partial charge is 0.464 e. The van der Waals surface area contributed by atoms with Gasteiger partial charge in [-0.15, -0.1) is 11.3 Å². The zero-order chi connectivity index (χ0) is 25.9. The number of benzene rings is 3. The molecule has 0 amide bonds. The van der Waals surface area contributed by atoms with Crippen molar-refractivity contribution in [3.63, 3.8) is 0 Å². The summed E-state index contributed by atoms with van der Waals surface area (Å²) in [6, 6.07) is 22.3. The summed E-state index contributed by atoms with van der Waals surface area (Å²) in [5.74, 6) is 0.594. The topological polar surface area (TPSA) is 26.0 Å². The Hall–Kier alpha value is -3.43. The second-order valence-electron chi connectivity index (χ2n) is 11.7. The third-order valence-corrected chi connectivity index (χ3v) is 8.28. The van der Waals surface area contributed by atoms with E-state index in [1.807, 2.05) is 6.26 Å². The van der Waals surface area contributed by atoms with Crippen molar-refractivity contribution in [3.8, 4) is 22.4 Å². The van der Waals surface area contributed by atoms with Crippen LogP contribution in [0.2, 0.25) is 0 Å². The van der Waals surface area contributed by atoms with Crippen LogP contribution >= 0.6 is 11.3 Å². The maximum absolute atomic E-state index is 6.04. The van der Waals surface area contributed by atoms with E-state index in [1.165, 1.54) is 49.4 Å². The molecule has 0 bridgehead atoms. The smallest absolute Gasteiger partial charge is 0.134 e. The minimum absolute atomic E-state index is 0.0279. The molecule has 3 aromatic heterocycles. The summed E-state index contributed by atoms with van der Waals surface area (Å²) in [5.41, 5.74) is 9.45. The van der Waals surface area contributed by atoms with Crippen molar-refractivity contribution in [1.82, 2.24) is 4.98 Å². The van der Waals surface area contributed by atoms with Crippen LogP contribution in [0.25, 0.3) is 54.3 Å². The first kappa shape index (κ1) is 23.9. The Bertz CT molecular complexity index is 1780. The van der Waals surface area contributed by atoms with Gasteiger partial charge in [0.1, 0.15) is 10.4 Å². The van der Waals surface area contributed by atoms with Crippen LogP contribution in [0, 0.1) is 12.8 Å². The van der Waals surface area contributed by atoms with E-state index >= 15 is 0 Å². The summed E-state index contributed by atoms with van der Waals surface area (Å²) < 4.78 is 6.04. The summed E-state index contributed by atoms with van der Waals surface area (Å²) in [5, 5.41) is 7.24. The quantitative estimate of drug-likeness (QED) is 0.239. The Morgan fingerprint density at radius 3 is 2.51 bits per heavy atom. The lowest BCUT2D eigenvalue weighted by atomic mass is 9.82. The first-order chi connectivity index (χ1) is 17.7. The van der Waals surface area contributed by atoms with Gasteiger partial charge in [0.15, 0.2) is 0 Å². The fourth-order valence-electron chi connectivity index (χ4n) is 5.49. The van der Waals surface area contributed by atoms with E-state index in [4.69, 9.17) is 9.40 Å². The van der Waals surface area contributed by atoms with E-state index < -0.39 is 0 Å². The predicted molar refractivity (Wildman–Crippen MR) is 160 cm³/mol. The van der Waals surface area contributed by atoms with Gasteiger partial charge >= 0.3 is 0 Å². The number of nitrogens with zero attached hydrogens (tertiary/aromatic N) is 1. The number of furan rings is 1. The molecule has 2 nitrogen and oxygen atoms in total. The van der Waals surface area contributed by atoms with Crippen molar-refractivity contribution in [2.75, 3.05) is 0 Å². The molecule has 0 saturated heterocycles. The average Bonchev–Trinajstić information content (AvgIpc) is 3.44. The van der Waals surface area contributed by atoms with E-state index in [9.17, 15) is 0 Å². The third kappa shape index (κ3) is 4.26. The lowest BCUT2D eigenvalue weighted by Gasteiger charge is -2.23. The molecule has 0 aliphatic heterocycles. The van der Waals surface area contributed by atoms with Gasteiger partial charge in [0.2, 0.25) is 0 Å². The SMILES string of the molecule is Cc1csc2nc(-c3cc(C(C)(C)C)c4ccccc4c3)cc(-c3ccc4c(CC(C)C)coc4c3)c12. The summed E-state index contributed by atoms with van der Waals surface area (Å²) in [7, 11) is 0. The van der Waals surface area contributed by atoms with Gasteiger partial charge < -0.3 is 4.42 Å². The van der Waals surface area contributed by atoms with Crippen molar-refractivity contribution in [2.45, 2.75) is 53.4 Å². The predicted octanol–water partition coefficient (Wildman–Crippen LogP) is 10.3. The Morgan fingerprint density at radius 2 is 1.73 bits per heavy atom. The normalized spacial score (nSPS) is 12.4. The van der Waals surface area contributed by atoms with E-state index in [2.05, 4.69) is 108 Å². The summed E-state index contributed by atoms with van der Waals surface area (Å²) in [4.78, 5) is 6.26. The number of pyridine rings is 1. The van der Waals surface area contributed by atoms with E-state index in [0.717, 1.165) is 28.1 Å². The maximum Gasteiger partial charge on any atom is 0.134 e. The molecule has 3 heterocycles. The molecule has 0 aliphatic carbocycles. The number of rotatable bonds is 4. The molecule has 186 valence electrons. The average molecular weight is 504 g/mol. The molecule has 37 heavy (non-hydrogen) atoms. The van der Waals surface area contributed by atoms with Crippen LogP contribution in [0.3, 0.4) is 0 Å². The lowest BCUT2D eigenvalue weighted by Crippen LogP contribution is -2.12. The monoisotopic (exact) mass is 503 g/mol. The Labute approximate surface area is 223 Å². The molecular weight excluding hydrogens is 470 g/mol. The molecule has 0 N–H and O–H groups in total.